The van der Waals surface area contributed by atoms with Crippen LogP contribution >= 0.6 is 0 Å². The Morgan fingerprint density at radius 3 is 2.38 bits per heavy atom. The lowest BCUT2D eigenvalue weighted by atomic mass is 10.0. The summed E-state index contributed by atoms with van der Waals surface area (Å²) in [5.41, 5.74) is 0.759. The van der Waals surface area contributed by atoms with Gasteiger partial charge in [0.05, 0.1) is 0 Å². The van der Waals surface area contributed by atoms with Gasteiger partial charge in [-0.05, 0) is 18.4 Å². The molecule has 1 aromatic carbocycles. The number of Topliss-reactive ketones (excluding diaryl/α,β-unsaturated/α-hetero) is 1. The van der Waals surface area contributed by atoms with Crippen molar-refractivity contribution in [1.29, 1.82) is 0 Å². The van der Waals surface area contributed by atoms with Gasteiger partial charge in [-0.15, -0.1) is 0 Å². The van der Waals surface area contributed by atoms with Crippen molar-refractivity contribution in [3.05, 3.63) is 35.9 Å². The first-order valence-electron chi connectivity index (χ1n) is 5.44. The zero-order valence-electron chi connectivity index (χ0n) is 9.18. The third-order valence-corrected chi connectivity index (χ3v) is 2.62. The summed E-state index contributed by atoms with van der Waals surface area (Å²) in [6.45, 7) is 1.33. The third-order valence-electron chi connectivity index (χ3n) is 2.62. The van der Waals surface area contributed by atoms with E-state index in [2.05, 4.69) is 0 Å². The van der Waals surface area contributed by atoms with Gasteiger partial charge >= 0.3 is 5.97 Å². The number of carbonyl (C=O) groups is 2. The fourth-order valence-electron chi connectivity index (χ4n) is 1.67. The maximum atomic E-state index is 12.0. The Bertz CT molecular complexity index is 393. The molecule has 1 aliphatic rings. The fraction of sp³-hybridized carbons (Fsp3) is 0.385. The molecule has 1 fully saturated rings. The van der Waals surface area contributed by atoms with Crippen molar-refractivity contribution in [3.8, 4) is 0 Å². The molecule has 0 spiro atoms. The van der Waals surface area contributed by atoms with Gasteiger partial charge in [-0.25, -0.2) is 0 Å². The van der Waals surface area contributed by atoms with E-state index in [1.165, 1.54) is 6.92 Å². The van der Waals surface area contributed by atoms with Gasteiger partial charge in [-0.2, -0.15) is 0 Å². The monoisotopic (exact) mass is 218 g/mol. The van der Waals surface area contributed by atoms with Gasteiger partial charge in [0.1, 0.15) is 0 Å². The second-order valence-electron chi connectivity index (χ2n) is 4.08. The number of ether oxygens (including phenoxy) is 1. The van der Waals surface area contributed by atoms with Crippen molar-refractivity contribution in [2.24, 2.45) is 5.92 Å². The molecule has 0 amide bonds. The van der Waals surface area contributed by atoms with E-state index in [-0.39, 0.29) is 11.7 Å². The normalized spacial score (nSPS) is 16.6. The summed E-state index contributed by atoms with van der Waals surface area (Å²) in [6, 6.07) is 9.18. The van der Waals surface area contributed by atoms with E-state index in [1.807, 2.05) is 30.3 Å². The van der Waals surface area contributed by atoms with Gasteiger partial charge in [-0.1, -0.05) is 30.3 Å². The second kappa shape index (κ2) is 4.47. The number of ketones is 1. The fourth-order valence-corrected chi connectivity index (χ4v) is 1.67. The number of carbonyl (C=O) groups excluding carboxylic acids is 2. The summed E-state index contributed by atoms with van der Waals surface area (Å²) in [6.07, 6.45) is 1.12. The van der Waals surface area contributed by atoms with Crippen molar-refractivity contribution >= 4 is 11.8 Å². The van der Waals surface area contributed by atoms with E-state index in [4.69, 9.17) is 4.74 Å². The quantitative estimate of drug-likeness (QED) is 0.728. The lowest BCUT2D eigenvalue weighted by Gasteiger charge is -2.15. The topological polar surface area (TPSA) is 43.4 Å². The van der Waals surface area contributed by atoms with Crippen LogP contribution in [0.2, 0.25) is 0 Å². The number of hydrogen-bond donors (Lipinski definition) is 0. The molecule has 0 heterocycles. The minimum Gasteiger partial charge on any atom is -0.450 e. The first kappa shape index (κ1) is 10.9. The van der Waals surface area contributed by atoms with Crippen LogP contribution in [0.5, 0.6) is 0 Å². The number of hydrogen-bond acceptors (Lipinski definition) is 3. The van der Waals surface area contributed by atoms with Crippen molar-refractivity contribution in [2.75, 3.05) is 0 Å². The molecule has 1 aliphatic carbocycles. The standard InChI is InChI=1S/C13H14O3/c1-9(14)16-13(12(15)10-7-8-10)11-5-3-2-4-6-11/h2-6,10,13H,7-8H2,1H3. The highest BCUT2D eigenvalue weighted by Gasteiger charge is 2.37. The molecule has 16 heavy (non-hydrogen) atoms. The lowest BCUT2D eigenvalue weighted by molar-refractivity contribution is -0.154. The molecule has 3 nitrogen and oxygen atoms in total. The van der Waals surface area contributed by atoms with Gasteiger partial charge in [-0.3, -0.25) is 9.59 Å². The van der Waals surface area contributed by atoms with E-state index < -0.39 is 12.1 Å². The van der Waals surface area contributed by atoms with Crippen LogP contribution in [0.3, 0.4) is 0 Å². The second-order valence-corrected chi connectivity index (χ2v) is 4.08. The highest BCUT2D eigenvalue weighted by atomic mass is 16.5. The predicted octanol–water partition coefficient (Wildman–Crippen LogP) is 2.27. The zero-order valence-corrected chi connectivity index (χ0v) is 9.18. The molecule has 0 bridgehead atoms. The summed E-state index contributed by atoms with van der Waals surface area (Å²) in [5, 5.41) is 0. The molecule has 1 unspecified atom stereocenters. The highest BCUT2D eigenvalue weighted by molar-refractivity contribution is 5.90. The summed E-state index contributed by atoms with van der Waals surface area (Å²) >= 11 is 0. The van der Waals surface area contributed by atoms with Crippen LogP contribution < -0.4 is 0 Å². The molecule has 0 N–H and O–H groups in total. The Morgan fingerprint density at radius 1 is 1.25 bits per heavy atom. The first-order chi connectivity index (χ1) is 7.68. The lowest BCUT2D eigenvalue weighted by Crippen LogP contribution is -2.19. The maximum Gasteiger partial charge on any atom is 0.303 e. The summed E-state index contributed by atoms with van der Waals surface area (Å²) in [5.74, 6) is -0.297. The molecule has 0 aromatic heterocycles. The van der Waals surface area contributed by atoms with E-state index in [9.17, 15) is 9.59 Å². The number of esters is 1. The van der Waals surface area contributed by atoms with Gasteiger partial charge in [0.15, 0.2) is 11.9 Å². The predicted molar refractivity (Wildman–Crippen MR) is 58.7 cm³/mol. The summed E-state index contributed by atoms with van der Waals surface area (Å²) < 4.78 is 5.11. The van der Waals surface area contributed by atoms with Crippen LogP contribution in [-0.4, -0.2) is 11.8 Å². The van der Waals surface area contributed by atoms with Crippen LogP contribution in [0, 0.1) is 5.92 Å². The first-order valence-corrected chi connectivity index (χ1v) is 5.44. The molecule has 3 heteroatoms. The average Bonchev–Trinajstić information content (AvgIpc) is 3.10. The SMILES string of the molecule is CC(=O)OC(C(=O)C1CC1)c1ccccc1. The minimum absolute atomic E-state index is 0.0291. The molecule has 0 aliphatic heterocycles. The molecule has 84 valence electrons. The van der Waals surface area contributed by atoms with Crippen LogP contribution in [0.1, 0.15) is 31.4 Å². The van der Waals surface area contributed by atoms with Crippen molar-refractivity contribution in [3.63, 3.8) is 0 Å². The van der Waals surface area contributed by atoms with E-state index in [0.717, 1.165) is 18.4 Å². The van der Waals surface area contributed by atoms with Gasteiger partial charge in [0.2, 0.25) is 0 Å². The Hall–Kier alpha value is -1.64. The third kappa shape index (κ3) is 2.48. The average molecular weight is 218 g/mol. The molecule has 1 saturated carbocycles. The Kier molecular flexibility index (Phi) is 3.04. The summed E-state index contributed by atoms with van der Waals surface area (Å²) in [7, 11) is 0. The van der Waals surface area contributed by atoms with Crippen molar-refractivity contribution < 1.29 is 14.3 Å². The Morgan fingerprint density at radius 2 is 1.88 bits per heavy atom. The molecule has 0 radical (unpaired) electrons. The molecule has 2 rings (SSSR count). The molecular formula is C13H14O3. The molecule has 0 saturated heterocycles. The van der Waals surface area contributed by atoms with Crippen LogP contribution in [-0.2, 0) is 14.3 Å². The van der Waals surface area contributed by atoms with Gasteiger partial charge < -0.3 is 4.74 Å². The molecular weight excluding hydrogens is 204 g/mol. The zero-order chi connectivity index (χ0) is 11.5. The Balaban J connectivity index is 2.20. The van der Waals surface area contributed by atoms with E-state index >= 15 is 0 Å². The molecule has 1 atom stereocenters. The number of benzene rings is 1. The van der Waals surface area contributed by atoms with Gasteiger partial charge in [0.25, 0.3) is 0 Å². The number of rotatable bonds is 4. The summed E-state index contributed by atoms with van der Waals surface area (Å²) in [4.78, 5) is 23.0. The van der Waals surface area contributed by atoms with Gasteiger partial charge in [0, 0.05) is 12.8 Å². The largest absolute Gasteiger partial charge is 0.450 e. The van der Waals surface area contributed by atoms with Crippen LogP contribution in [0.25, 0.3) is 0 Å². The van der Waals surface area contributed by atoms with E-state index in [0.29, 0.717) is 0 Å². The van der Waals surface area contributed by atoms with E-state index in [1.54, 1.807) is 0 Å². The Labute approximate surface area is 94.4 Å². The van der Waals surface area contributed by atoms with Crippen molar-refractivity contribution in [2.45, 2.75) is 25.9 Å². The maximum absolute atomic E-state index is 12.0. The highest BCUT2D eigenvalue weighted by Crippen LogP contribution is 2.36. The smallest absolute Gasteiger partial charge is 0.303 e. The van der Waals surface area contributed by atoms with Crippen molar-refractivity contribution in [1.82, 2.24) is 0 Å². The van der Waals surface area contributed by atoms with Crippen LogP contribution in [0.4, 0.5) is 0 Å². The molecule has 1 aromatic rings. The van der Waals surface area contributed by atoms with Crippen LogP contribution in [0.15, 0.2) is 30.3 Å². The minimum atomic E-state index is -0.716.